The van der Waals surface area contributed by atoms with Crippen LogP contribution in [0.1, 0.15) is 62.3 Å². The van der Waals surface area contributed by atoms with Crippen LogP contribution in [0, 0.1) is 5.92 Å². The molecule has 4 nitrogen and oxygen atoms in total. The zero-order valence-electron chi connectivity index (χ0n) is 18.5. The summed E-state index contributed by atoms with van der Waals surface area (Å²) in [6.45, 7) is 0. The van der Waals surface area contributed by atoms with Crippen LogP contribution < -0.4 is 0 Å². The van der Waals surface area contributed by atoms with Gasteiger partial charge in [-0.15, -0.1) is 0 Å². The van der Waals surface area contributed by atoms with Crippen LogP contribution in [0.25, 0.3) is 5.76 Å². The molecular weight excluding hydrogens is 424 g/mol. The van der Waals surface area contributed by atoms with Crippen LogP contribution in [0.4, 0.5) is 0 Å². The van der Waals surface area contributed by atoms with E-state index in [0.29, 0.717) is 33.7 Å². The fourth-order valence-corrected chi connectivity index (χ4v) is 5.43. The summed E-state index contributed by atoms with van der Waals surface area (Å²) >= 11 is 0. The molecular formula is C30H22O4. The highest BCUT2D eigenvalue weighted by atomic mass is 16.3. The lowest BCUT2D eigenvalue weighted by Crippen LogP contribution is -2.14. The van der Waals surface area contributed by atoms with E-state index in [0.717, 1.165) is 42.4 Å². The van der Waals surface area contributed by atoms with Gasteiger partial charge < -0.3 is 5.11 Å². The minimum atomic E-state index is -0.205. The van der Waals surface area contributed by atoms with Gasteiger partial charge in [-0.05, 0) is 60.5 Å². The molecule has 1 atom stereocenters. The third-order valence-electron chi connectivity index (χ3n) is 7.23. The summed E-state index contributed by atoms with van der Waals surface area (Å²) in [5.41, 5.74) is 5.77. The second-order valence-electron chi connectivity index (χ2n) is 9.26. The highest BCUT2D eigenvalue weighted by Crippen LogP contribution is 2.40. The molecule has 166 valence electrons. The van der Waals surface area contributed by atoms with Crippen molar-refractivity contribution in [3.05, 3.63) is 123 Å². The zero-order valence-corrected chi connectivity index (χ0v) is 18.5. The van der Waals surface area contributed by atoms with Crippen molar-refractivity contribution in [3.63, 3.8) is 0 Å². The van der Waals surface area contributed by atoms with E-state index in [1.807, 2.05) is 12.1 Å². The Morgan fingerprint density at radius 3 is 1.94 bits per heavy atom. The highest BCUT2D eigenvalue weighted by Gasteiger charge is 2.33. The maximum Gasteiger partial charge on any atom is 0.197 e. The molecule has 4 heteroatoms. The molecule has 0 fully saturated rings. The average Bonchev–Trinajstić information content (AvgIpc) is 3.25. The van der Waals surface area contributed by atoms with Crippen molar-refractivity contribution >= 4 is 23.1 Å². The molecule has 4 aliphatic carbocycles. The lowest BCUT2D eigenvalue weighted by Gasteiger charge is -2.28. The standard InChI is InChI=1S/C30H22O4/c31-27-21-5-1-2-6-22(21)28(32)25(27)15-17-9-11-19-12-10-18(14-20(19)13-17)16-26-29(33)23-7-3-4-8-24(23)30(26)34/h1-8,13-16,19,31H,9-12H2/b17-15+. The van der Waals surface area contributed by atoms with Gasteiger partial charge in [0, 0.05) is 22.3 Å². The molecule has 2 aromatic rings. The molecule has 0 bridgehead atoms. The van der Waals surface area contributed by atoms with Crippen LogP contribution in [-0.2, 0) is 0 Å². The van der Waals surface area contributed by atoms with Crippen molar-refractivity contribution in [2.75, 3.05) is 0 Å². The van der Waals surface area contributed by atoms with Crippen molar-refractivity contribution in [1.82, 2.24) is 0 Å². The normalized spacial score (nSPS) is 22.5. The van der Waals surface area contributed by atoms with E-state index in [1.54, 1.807) is 48.5 Å². The monoisotopic (exact) mass is 446 g/mol. The van der Waals surface area contributed by atoms with Crippen LogP contribution in [0.15, 0.2) is 101 Å². The van der Waals surface area contributed by atoms with Gasteiger partial charge in [-0.25, -0.2) is 0 Å². The highest BCUT2D eigenvalue weighted by molar-refractivity contribution is 6.39. The van der Waals surface area contributed by atoms with E-state index in [1.165, 1.54) is 0 Å². The Morgan fingerprint density at radius 2 is 1.29 bits per heavy atom. The number of carbonyl (C=O) groups excluding carboxylic acids is 3. The number of hydrogen-bond donors (Lipinski definition) is 1. The van der Waals surface area contributed by atoms with Crippen molar-refractivity contribution in [3.8, 4) is 0 Å². The number of carbonyl (C=O) groups is 3. The van der Waals surface area contributed by atoms with E-state index in [2.05, 4.69) is 12.2 Å². The molecule has 0 saturated heterocycles. The molecule has 0 heterocycles. The van der Waals surface area contributed by atoms with Crippen molar-refractivity contribution in [2.24, 2.45) is 5.92 Å². The molecule has 2 aromatic carbocycles. The van der Waals surface area contributed by atoms with Gasteiger partial charge in [0.25, 0.3) is 0 Å². The van der Waals surface area contributed by atoms with Gasteiger partial charge in [0.15, 0.2) is 17.3 Å². The summed E-state index contributed by atoms with van der Waals surface area (Å²) in [6, 6.07) is 14.1. The van der Waals surface area contributed by atoms with E-state index in [-0.39, 0.29) is 28.7 Å². The summed E-state index contributed by atoms with van der Waals surface area (Å²) < 4.78 is 0. The zero-order chi connectivity index (χ0) is 23.4. The van der Waals surface area contributed by atoms with Gasteiger partial charge in [-0.3, -0.25) is 14.4 Å². The van der Waals surface area contributed by atoms with Crippen molar-refractivity contribution < 1.29 is 19.5 Å². The lowest BCUT2D eigenvalue weighted by atomic mass is 9.77. The number of aliphatic hydroxyl groups is 1. The molecule has 4 aliphatic rings. The van der Waals surface area contributed by atoms with Crippen LogP contribution >= 0.6 is 0 Å². The molecule has 1 N–H and O–H groups in total. The number of Topliss-reactive ketones (excluding diaryl/α,β-unsaturated/α-hetero) is 3. The van der Waals surface area contributed by atoms with E-state index < -0.39 is 0 Å². The molecule has 34 heavy (non-hydrogen) atoms. The Morgan fingerprint density at radius 1 is 0.706 bits per heavy atom. The summed E-state index contributed by atoms with van der Waals surface area (Å²) in [5.74, 6) is -0.0998. The average molecular weight is 447 g/mol. The van der Waals surface area contributed by atoms with Crippen LogP contribution in [0.3, 0.4) is 0 Å². The van der Waals surface area contributed by atoms with E-state index >= 15 is 0 Å². The number of allylic oxidation sites excluding steroid dienone is 9. The van der Waals surface area contributed by atoms with E-state index in [9.17, 15) is 19.5 Å². The SMILES string of the molecule is O=C1C(=CC2=CC3=C/C(=C/C4=C(O)c5ccccc5C4=O)CCC3CC2)C(=O)c2ccccc21. The fraction of sp³-hybridized carbons (Fsp3) is 0.167. The van der Waals surface area contributed by atoms with Gasteiger partial charge in [0.05, 0.1) is 11.1 Å². The van der Waals surface area contributed by atoms with Crippen LogP contribution in [0.5, 0.6) is 0 Å². The summed E-state index contributed by atoms with van der Waals surface area (Å²) in [6.07, 6.45) is 11.3. The number of aliphatic hydroxyl groups excluding tert-OH is 1. The Bertz CT molecular complexity index is 1420. The van der Waals surface area contributed by atoms with Gasteiger partial charge in [-0.2, -0.15) is 0 Å². The van der Waals surface area contributed by atoms with Crippen LogP contribution in [-0.4, -0.2) is 22.5 Å². The van der Waals surface area contributed by atoms with Gasteiger partial charge in [-0.1, -0.05) is 60.7 Å². The number of ketones is 3. The van der Waals surface area contributed by atoms with Gasteiger partial charge in [0.2, 0.25) is 0 Å². The number of benzene rings is 2. The molecule has 0 saturated carbocycles. The molecule has 0 spiro atoms. The number of fused-ring (bicyclic) bond motifs is 3. The first kappa shape index (κ1) is 20.5. The molecule has 0 radical (unpaired) electrons. The Hall–Kier alpha value is -4.05. The topological polar surface area (TPSA) is 71.4 Å². The summed E-state index contributed by atoms with van der Waals surface area (Å²) in [4.78, 5) is 38.3. The first-order valence-corrected chi connectivity index (χ1v) is 11.6. The number of hydrogen-bond acceptors (Lipinski definition) is 4. The fourth-order valence-electron chi connectivity index (χ4n) is 5.43. The molecule has 6 rings (SSSR count). The quantitative estimate of drug-likeness (QED) is 0.444. The van der Waals surface area contributed by atoms with E-state index in [4.69, 9.17) is 0 Å². The second-order valence-corrected chi connectivity index (χ2v) is 9.26. The first-order chi connectivity index (χ1) is 16.5. The molecule has 0 aliphatic heterocycles. The van der Waals surface area contributed by atoms with Crippen LogP contribution in [0.2, 0.25) is 0 Å². The Labute approximate surface area is 197 Å². The molecule has 0 aromatic heterocycles. The second kappa shape index (κ2) is 7.77. The molecule has 0 amide bonds. The third kappa shape index (κ3) is 3.18. The van der Waals surface area contributed by atoms with Crippen molar-refractivity contribution in [2.45, 2.75) is 25.7 Å². The maximum absolute atomic E-state index is 12.8. The predicted octanol–water partition coefficient (Wildman–Crippen LogP) is 6.14. The first-order valence-electron chi connectivity index (χ1n) is 11.6. The maximum atomic E-state index is 12.8. The Kier molecular flexibility index (Phi) is 4.70. The Balaban J connectivity index is 1.32. The largest absolute Gasteiger partial charge is 0.507 e. The molecule has 1 unspecified atom stereocenters. The number of rotatable bonds is 2. The van der Waals surface area contributed by atoms with Gasteiger partial charge in [0.1, 0.15) is 5.76 Å². The third-order valence-corrected chi connectivity index (χ3v) is 7.23. The van der Waals surface area contributed by atoms with Gasteiger partial charge >= 0.3 is 0 Å². The van der Waals surface area contributed by atoms with Crippen molar-refractivity contribution in [1.29, 1.82) is 0 Å². The smallest absolute Gasteiger partial charge is 0.197 e. The summed E-state index contributed by atoms with van der Waals surface area (Å²) in [5, 5.41) is 10.6. The lowest BCUT2D eigenvalue weighted by molar-refractivity contribution is 0.0986. The summed E-state index contributed by atoms with van der Waals surface area (Å²) in [7, 11) is 0. The predicted molar refractivity (Wildman–Crippen MR) is 130 cm³/mol. The minimum absolute atomic E-state index is 0.0380. The minimum Gasteiger partial charge on any atom is -0.507 e.